The largest absolute Gasteiger partial charge is 0.387 e. The van der Waals surface area contributed by atoms with Crippen LogP contribution in [0, 0.1) is 0 Å². The topological polar surface area (TPSA) is 255 Å². The molecule has 2 N–H and O–H groups in total. The van der Waals surface area contributed by atoms with Gasteiger partial charge in [-0.2, -0.15) is 0 Å². The molecule has 23 heteroatoms. The molecule has 20 atom stereocenters. The predicted molar refractivity (Wildman–Crippen MR) is 460 cm³/mol. The average Bonchev–Trinajstić information content (AvgIpc) is 0.752. The van der Waals surface area contributed by atoms with Crippen molar-refractivity contribution in [1.82, 2.24) is 0 Å². The molecule has 4 aliphatic rings. The molecular weight excluding hydrogens is 1580 g/mol. The molecule has 0 unspecified atom stereocenters. The number of hydrogen-bond acceptors (Lipinski definition) is 21. The van der Waals surface area contributed by atoms with Gasteiger partial charge in [0.1, 0.15) is 97.6 Å². The van der Waals surface area contributed by atoms with E-state index < -0.39 is 123 Å². The van der Waals surface area contributed by atoms with Gasteiger partial charge in [0.25, 0.3) is 0 Å². The molecule has 15 rings (SSSR count). The number of aliphatic hydroxyl groups is 2. The van der Waals surface area contributed by atoms with Crippen LogP contribution in [0.1, 0.15) is 61.2 Å². The molecule has 0 aromatic heterocycles. The standard InChI is InChI=1S/C101H107N3O20/c102-104-103-86-92(112-61-76-44-22-6-23-45-76)90(122-100-93(113-62-77-46-24-7-25-47-77)88(106)87(105)82(118-100)67-107-56-71-34-12-1-13-35-71)84(69-109-58-73-38-16-3-17-39-73)119-98(86)124-95-89(111-60-75-42-20-5-21-43-75)83(68-108-57-72-36-14-2-15-37-72)121-101(97(95)116-65-80-52-30-10-31-53-80)123-91-85(70-110-59-74-40-18-4-19-41-74)120-99(117-66-81-54-32-11-33-55-81)96(115-64-79-50-28-9-29-51-79)94(91)114-63-78-48-26-8-27-49-78/h1-55,82-101,105-106H,56-70H2/t82-,83-,84-,85-,86-,87+,88+,89+,90-,91-,92-,93-,94+,95+,96-,97-,98+,99-,100+,101+/m1/s1. The van der Waals surface area contributed by atoms with E-state index in [0.717, 1.165) is 61.2 Å². The van der Waals surface area contributed by atoms with Crippen LogP contribution in [0.15, 0.2) is 339 Å². The van der Waals surface area contributed by atoms with Crippen molar-refractivity contribution in [3.63, 3.8) is 0 Å². The number of rotatable bonds is 44. The molecule has 124 heavy (non-hydrogen) atoms. The number of ether oxygens (including phenoxy) is 18. The summed E-state index contributed by atoms with van der Waals surface area (Å²) >= 11 is 0. The molecule has 4 heterocycles. The summed E-state index contributed by atoms with van der Waals surface area (Å²) in [4.78, 5) is 3.59. The van der Waals surface area contributed by atoms with E-state index in [4.69, 9.17) is 85.3 Å². The van der Waals surface area contributed by atoms with Crippen molar-refractivity contribution in [2.24, 2.45) is 5.11 Å². The van der Waals surface area contributed by atoms with E-state index in [9.17, 15) is 15.7 Å². The highest BCUT2D eigenvalue weighted by atomic mass is 16.8. The molecule has 0 bridgehead atoms. The summed E-state index contributed by atoms with van der Waals surface area (Å²) in [7, 11) is 0. The summed E-state index contributed by atoms with van der Waals surface area (Å²) in [5.74, 6) is 0. The maximum Gasteiger partial charge on any atom is 0.187 e. The minimum atomic E-state index is -1.62. The molecule has 0 amide bonds. The average molecular weight is 1680 g/mol. The molecule has 23 nitrogen and oxygen atoms in total. The molecule has 646 valence electrons. The van der Waals surface area contributed by atoms with E-state index >= 15 is 0 Å². The summed E-state index contributed by atoms with van der Waals surface area (Å²) in [5, 5.41) is 29.3. The van der Waals surface area contributed by atoms with Gasteiger partial charge in [-0.05, 0) is 66.7 Å². The van der Waals surface area contributed by atoms with Crippen molar-refractivity contribution in [3.05, 3.63) is 405 Å². The van der Waals surface area contributed by atoms with Crippen molar-refractivity contribution in [3.8, 4) is 0 Å². The lowest BCUT2D eigenvalue weighted by molar-refractivity contribution is -0.394. The van der Waals surface area contributed by atoms with E-state index in [2.05, 4.69) is 10.0 Å². The quantitative estimate of drug-likeness (QED) is 0.0204. The highest BCUT2D eigenvalue weighted by molar-refractivity contribution is 5.23. The van der Waals surface area contributed by atoms with Gasteiger partial charge in [0.15, 0.2) is 25.2 Å². The van der Waals surface area contributed by atoms with E-state index in [-0.39, 0.29) is 99.1 Å². The molecule has 0 aliphatic carbocycles. The van der Waals surface area contributed by atoms with Crippen LogP contribution in [0.5, 0.6) is 0 Å². The third-order valence-corrected chi connectivity index (χ3v) is 22.0. The number of aliphatic hydroxyl groups excluding tert-OH is 2. The second-order valence-corrected chi connectivity index (χ2v) is 31.0. The fourth-order valence-corrected chi connectivity index (χ4v) is 15.6. The van der Waals surface area contributed by atoms with Gasteiger partial charge in [0, 0.05) is 4.91 Å². The Hall–Kier alpha value is -10.1. The molecule has 4 aliphatic heterocycles. The van der Waals surface area contributed by atoms with Gasteiger partial charge in [-0.25, -0.2) is 0 Å². The van der Waals surface area contributed by atoms with Crippen LogP contribution in [-0.2, 0) is 158 Å². The van der Waals surface area contributed by atoms with E-state index in [1.165, 1.54) is 0 Å². The monoisotopic (exact) mass is 1680 g/mol. The lowest BCUT2D eigenvalue weighted by Gasteiger charge is -2.52. The Kier molecular flexibility index (Phi) is 33.9. The molecule has 11 aromatic rings. The summed E-state index contributed by atoms with van der Waals surface area (Å²) in [6.07, 6.45) is -24.5. The smallest absolute Gasteiger partial charge is 0.187 e. The first-order chi connectivity index (χ1) is 61.3. The fourth-order valence-electron chi connectivity index (χ4n) is 15.6. The SMILES string of the molecule is [N-]=[N+]=N[C@H]1[C@H](O[C@H]2[C@@H](OCc3ccccc3)[C@@H](COCc3ccccc3)O[C@@H](O[C@H]3[C@H](OCc4ccccc4)[C@@H](OCc4ccccc4)[C@H](OCc4ccccc4)O[C@@H]3COCc3ccccc3)[C@@H]2OCc2ccccc2)O[C@H](COCc2ccccc2)[C@@H](O[C@@H]2O[C@H](COCc3ccccc3)[C@H](O)[C@H](O)[C@H]2OCc2ccccc2)[C@@H]1OCc1ccccc1. The number of benzene rings is 11. The van der Waals surface area contributed by atoms with Crippen LogP contribution in [-0.4, -0.2) is 159 Å². The van der Waals surface area contributed by atoms with Gasteiger partial charge in [0.2, 0.25) is 0 Å². The predicted octanol–water partition coefficient (Wildman–Crippen LogP) is 16.0. The maximum atomic E-state index is 12.5. The molecular formula is C101H107N3O20. The molecule has 11 aromatic carbocycles. The number of hydrogen-bond donors (Lipinski definition) is 2. The summed E-state index contributed by atoms with van der Waals surface area (Å²) in [5.41, 5.74) is 20.6. The zero-order valence-electron chi connectivity index (χ0n) is 69.0. The van der Waals surface area contributed by atoms with Gasteiger partial charge in [-0.3, -0.25) is 0 Å². The third-order valence-electron chi connectivity index (χ3n) is 22.0. The van der Waals surface area contributed by atoms with Crippen LogP contribution < -0.4 is 0 Å². The molecule has 0 spiro atoms. The van der Waals surface area contributed by atoms with E-state index in [1.54, 1.807) is 0 Å². The van der Waals surface area contributed by atoms with Gasteiger partial charge >= 0.3 is 0 Å². The Morgan fingerprint density at radius 2 is 0.460 bits per heavy atom. The van der Waals surface area contributed by atoms with Crippen molar-refractivity contribution < 1.29 is 95.5 Å². The molecule has 0 saturated carbocycles. The van der Waals surface area contributed by atoms with Gasteiger partial charge in [0.05, 0.1) is 99.1 Å². The highest BCUT2D eigenvalue weighted by Gasteiger charge is 2.59. The Bertz CT molecular complexity index is 4850. The minimum absolute atomic E-state index is 0.0199. The maximum absolute atomic E-state index is 12.5. The van der Waals surface area contributed by atoms with Crippen molar-refractivity contribution in [2.75, 3.05) is 26.4 Å². The lowest BCUT2D eigenvalue weighted by atomic mass is 9.94. The molecule has 0 radical (unpaired) electrons. The Morgan fingerprint density at radius 3 is 0.806 bits per heavy atom. The third kappa shape index (κ3) is 25.6. The van der Waals surface area contributed by atoms with Gasteiger partial charge in [-0.15, -0.1) is 0 Å². The van der Waals surface area contributed by atoms with Crippen molar-refractivity contribution in [2.45, 2.75) is 195 Å². The van der Waals surface area contributed by atoms with Crippen molar-refractivity contribution >= 4 is 0 Å². The Morgan fingerprint density at radius 1 is 0.226 bits per heavy atom. The second kappa shape index (κ2) is 47.3. The van der Waals surface area contributed by atoms with Crippen molar-refractivity contribution in [1.29, 1.82) is 0 Å². The summed E-state index contributed by atoms with van der Waals surface area (Å²) < 4.78 is 130. The zero-order valence-corrected chi connectivity index (χ0v) is 69.0. The Labute approximate surface area is 724 Å². The van der Waals surface area contributed by atoms with Crippen LogP contribution in [0.2, 0.25) is 0 Å². The first-order valence-corrected chi connectivity index (χ1v) is 42.3. The zero-order chi connectivity index (χ0) is 84.5. The molecule has 4 saturated heterocycles. The first-order valence-electron chi connectivity index (χ1n) is 42.3. The van der Waals surface area contributed by atoms with Crippen LogP contribution in [0.3, 0.4) is 0 Å². The fraction of sp³-hybridized carbons (Fsp3) is 0.347. The van der Waals surface area contributed by atoms with E-state index in [0.29, 0.717) is 0 Å². The number of nitrogens with zero attached hydrogens (tertiary/aromatic N) is 3. The first kappa shape index (κ1) is 88.8. The van der Waals surface area contributed by atoms with Gasteiger partial charge in [-0.1, -0.05) is 339 Å². The highest BCUT2D eigenvalue weighted by Crippen LogP contribution is 2.41. The van der Waals surface area contributed by atoms with E-state index in [1.807, 2.05) is 334 Å². The lowest BCUT2D eigenvalue weighted by Crippen LogP contribution is -2.68. The van der Waals surface area contributed by atoms with Crippen LogP contribution in [0.25, 0.3) is 10.4 Å². The van der Waals surface area contributed by atoms with Crippen LogP contribution in [0.4, 0.5) is 0 Å². The van der Waals surface area contributed by atoms with Crippen LogP contribution >= 0.6 is 0 Å². The summed E-state index contributed by atoms with van der Waals surface area (Å²) in [6, 6.07) is 105. The van der Waals surface area contributed by atoms with Gasteiger partial charge < -0.3 is 95.5 Å². The Balaban J connectivity index is 0.864. The minimum Gasteiger partial charge on any atom is -0.387 e. The summed E-state index contributed by atoms with van der Waals surface area (Å²) in [6.45, 7) is 0.299. The normalized spacial score (nSPS) is 26.3. The molecule has 4 fully saturated rings. The second-order valence-electron chi connectivity index (χ2n) is 31.0. The number of azide groups is 1.